The molecule has 3 nitrogen and oxygen atoms in total. The summed E-state index contributed by atoms with van der Waals surface area (Å²) in [5, 5.41) is 0. The van der Waals surface area contributed by atoms with Gasteiger partial charge in [-0.25, -0.2) is 0 Å². The van der Waals surface area contributed by atoms with Crippen molar-refractivity contribution in [1.29, 1.82) is 0 Å². The third kappa shape index (κ3) is 7.74. The van der Waals surface area contributed by atoms with Gasteiger partial charge in [-0.05, 0) is 0 Å². The molecule has 0 saturated heterocycles. The third-order valence-electron chi connectivity index (χ3n) is 0.546. The Morgan fingerprint density at radius 3 is 2.00 bits per heavy atom. The Hall–Kier alpha value is -0.263. The molecule has 9 heavy (non-hydrogen) atoms. The van der Waals surface area contributed by atoms with Crippen LogP contribution in [0.15, 0.2) is 0 Å². The van der Waals surface area contributed by atoms with Crippen LogP contribution in [0.25, 0.3) is 0 Å². The van der Waals surface area contributed by atoms with Gasteiger partial charge in [0, 0.05) is 13.3 Å². The van der Waals surface area contributed by atoms with Crippen LogP contribution >= 0.6 is 0 Å². The van der Waals surface area contributed by atoms with E-state index in [1.54, 1.807) is 6.92 Å². The van der Waals surface area contributed by atoms with Crippen molar-refractivity contribution < 1.29 is 14.3 Å². The Morgan fingerprint density at radius 1 is 1.44 bits per heavy atom. The first kappa shape index (κ1) is 11.5. The Kier molecular flexibility index (Phi) is 7.51. The molecular formula is C5H9LiO3. The molecule has 0 aliphatic heterocycles. The summed E-state index contributed by atoms with van der Waals surface area (Å²) >= 11 is 0. The van der Waals surface area contributed by atoms with E-state index in [1.165, 1.54) is 6.92 Å². The molecule has 0 aromatic heterocycles. The van der Waals surface area contributed by atoms with Gasteiger partial charge in [-0.15, -0.1) is 0 Å². The number of ether oxygens (including phenoxy) is 1. The summed E-state index contributed by atoms with van der Waals surface area (Å²) in [6.07, 6.45) is 0.250. The summed E-state index contributed by atoms with van der Waals surface area (Å²) in [6.45, 7) is 2.83. The molecule has 0 unspecified atom stereocenters. The average molecular weight is 124 g/mol. The molecule has 0 atom stereocenters. The van der Waals surface area contributed by atoms with E-state index in [9.17, 15) is 9.59 Å². The molecule has 0 saturated carbocycles. The minimum absolute atomic E-state index is 0. The Morgan fingerprint density at radius 2 is 1.89 bits per heavy atom. The first-order valence-corrected chi connectivity index (χ1v) is 2.38. The fraction of sp³-hybridized carbons (Fsp3) is 0.600. The predicted octanol–water partition coefficient (Wildman–Crippen LogP) is -0.162. The first-order valence-electron chi connectivity index (χ1n) is 2.38. The fourth-order valence-corrected chi connectivity index (χ4v) is 0.232. The van der Waals surface area contributed by atoms with Crippen LogP contribution < -0.4 is 0 Å². The zero-order valence-corrected chi connectivity index (χ0v) is 4.93. The molecule has 0 heterocycles. The Bertz CT molecular complexity index is 111. The van der Waals surface area contributed by atoms with Crippen LogP contribution in [0.1, 0.15) is 20.3 Å². The average Bonchev–Trinajstić information content (AvgIpc) is 1.65. The van der Waals surface area contributed by atoms with Crippen LogP contribution in [0.2, 0.25) is 0 Å². The summed E-state index contributed by atoms with van der Waals surface area (Å²) in [4.78, 5) is 20.1. The maximum atomic E-state index is 10.2. The molecule has 0 aliphatic carbocycles. The zero-order valence-electron chi connectivity index (χ0n) is 4.93. The normalized spacial score (nSPS) is 7.33. The van der Waals surface area contributed by atoms with Crippen molar-refractivity contribution >= 4 is 30.8 Å². The van der Waals surface area contributed by atoms with Gasteiger partial charge in [-0.3, -0.25) is 9.59 Å². The van der Waals surface area contributed by atoms with Gasteiger partial charge in [-0.2, -0.15) is 0 Å². The molecule has 0 spiro atoms. The van der Waals surface area contributed by atoms with Crippen molar-refractivity contribution in [3.8, 4) is 0 Å². The molecule has 0 fully saturated rings. The molecule has 0 N–H and O–H groups in total. The number of esters is 2. The van der Waals surface area contributed by atoms with Crippen LogP contribution in [0.4, 0.5) is 0 Å². The molecule has 0 aliphatic rings. The van der Waals surface area contributed by atoms with E-state index < -0.39 is 11.9 Å². The second-order valence-electron chi connectivity index (χ2n) is 1.32. The van der Waals surface area contributed by atoms with Crippen molar-refractivity contribution in [2.24, 2.45) is 0 Å². The zero-order chi connectivity index (χ0) is 6.57. The van der Waals surface area contributed by atoms with Crippen LogP contribution in [0.3, 0.4) is 0 Å². The predicted molar refractivity (Wildman–Crippen MR) is 34.2 cm³/mol. The second-order valence-corrected chi connectivity index (χ2v) is 1.32. The van der Waals surface area contributed by atoms with Gasteiger partial charge in [-0.1, -0.05) is 6.92 Å². The molecule has 4 heteroatoms. The van der Waals surface area contributed by atoms with E-state index >= 15 is 0 Å². The number of hydrogen-bond donors (Lipinski definition) is 0. The molecule has 0 aromatic rings. The first-order chi connectivity index (χ1) is 3.66. The summed E-state index contributed by atoms with van der Waals surface area (Å²) in [5.41, 5.74) is 0. The number of carbonyl (C=O) groups excluding carboxylic acids is 2. The van der Waals surface area contributed by atoms with Gasteiger partial charge >= 0.3 is 30.8 Å². The standard InChI is InChI=1S/C5H8O3.Li.H/c1-3-5(7)8-4(2)6;;/h3H2,1-2H3;;. The van der Waals surface area contributed by atoms with E-state index in [-0.39, 0.29) is 25.3 Å². The molecule has 0 aromatic carbocycles. The molecule has 0 amide bonds. The SMILES string of the molecule is CCC(=O)OC(C)=O.[LiH]. The molecular weight excluding hydrogens is 115 g/mol. The van der Waals surface area contributed by atoms with Gasteiger partial charge in [0.15, 0.2) is 0 Å². The van der Waals surface area contributed by atoms with E-state index in [0.717, 1.165) is 0 Å². The van der Waals surface area contributed by atoms with Crippen molar-refractivity contribution in [3.63, 3.8) is 0 Å². The summed E-state index contributed by atoms with van der Waals surface area (Å²) in [5.74, 6) is -1.02. The van der Waals surface area contributed by atoms with E-state index in [2.05, 4.69) is 4.74 Å². The van der Waals surface area contributed by atoms with Gasteiger partial charge < -0.3 is 4.74 Å². The van der Waals surface area contributed by atoms with Gasteiger partial charge in [0.1, 0.15) is 0 Å². The summed E-state index contributed by atoms with van der Waals surface area (Å²) < 4.78 is 4.12. The Labute approximate surface area is 65.9 Å². The van der Waals surface area contributed by atoms with Crippen molar-refractivity contribution in [2.45, 2.75) is 20.3 Å². The summed E-state index contributed by atoms with van der Waals surface area (Å²) in [6, 6.07) is 0. The van der Waals surface area contributed by atoms with Crippen LogP contribution in [0.5, 0.6) is 0 Å². The molecule has 0 rings (SSSR count). The van der Waals surface area contributed by atoms with Crippen molar-refractivity contribution in [2.75, 3.05) is 0 Å². The number of carbonyl (C=O) groups is 2. The van der Waals surface area contributed by atoms with Gasteiger partial charge in [0.25, 0.3) is 0 Å². The topological polar surface area (TPSA) is 43.4 Å². The maximum absolute atomic E-state index is 10.2. The monoisotopic (exact) mass is 124 g/mol. The van der Waals surface area contributed by atoms with Crippen LogP contribution in [0, 0.1) is 0 Å². The quantitative estimate of drug-likeness (QED) is 0.277. The van der Waals surface area contributed by atoms with Gasteiger partial charge in [0.05, 0.1) is 0 Å². The van der Waals surface area contributed by atoms with Crippen LogP contribution in [-0.4, -0.2) is 30.8 Å². The van der Waals surface area contributed by atoms with Gasteiger partial charge in [0.2, 0.25) is 0 Å². The number of hydrogen-bond acceptors (Lipinski definition) is 3. The van der Waals surface area contributed by atoms with Crippen molar-refractivity contribution in [1.82, 2.24) is 0 Å². The fourth-order valence-electron chi connectivity index (χ4n) is 0.232. The van der Waals surface area contributed by atoms with E-state index in [4.69, 9.17) is 0 Å². The summed E-state index contributed by atoms with van der Waals surface area (Å²) in [7, 11) is 0. The molecule has 0 bridgehead atoms. The number of rotatable bonds is 1. The van der Waals surface area contributed by atoms with Crippen molar-refractivity contribution in [3.05, 3.63) is 0 Å². The minimum atomic E-state index is -0.545. The van der Waals surface area contributed by atoms with Crippen LogP contribution in [-0.2, 0) is 14.3 Å². The Balaban J connectivity index is 0. The molecule has 48 valence electrons. The third-order valence-corrected chi connectivity index (χ3v) is 0.546. The van der Waals surface area contributed by atoms with E-state index in [0.29, 0.717) is 0 Å². The second kappa shape index (κ2) is 5.87. The molecule has 0 radical (unpaired) electrons. The van der Waals surface area contributed by atoms with E-state index in [1.807, 2.05) is 0 Å².